The van der Waals surface area contributed by atoms with Gasteiger partial charge in [0.15, 0.2) is 0 Å². The van der Waals surface area contributed by atoms with E-state index >= 15 is 0 Å². The van der Waals surface area contributed by atoms with E-state index in [1.165, 1.54) is 4.88 Å². The summed E-state index contributed by atoms with van der Waals surface area (Å²) in [4.78, 5) is 20.1. The van der Waals surface area contributed by atoms with Crippen LogP contribution in [-0.4, -0.2) is 28.4 Å². The minimum Gasteiger partial charge on any atom is -0.370 e. The van der Waals surface area contributed by atoms with Crippen LogP contribution in [0.3, 0.4) is 0 Å². The number of rotatable bonds is 6. The third kappa shape index (κ3) is 4.04. The third-order valence-corrected chi connectivity index (χ3v) is 3.98. The van der Waals surface area contributed by atoms with Crippen LogP contribution in [0.5, 0.6) is 0 Å². The first-order chi connectivity index (χ1) is 10.1. The van der Waals surface area contributed by atoms with Crippen LogP contribution in [0.15, 0.2) is 35.7 Å². The van der Waals surface area contributed by atoms with Crippen molar-refractivity contribution in [1.29, 1.82) is 0 Å². The molecule has 2 aromatic rings. The van der Waals surface area contributed by atoms with Gasteiger partial charge in [-0.15, -0.1) is 11.3 Å². The van der Waals surface area contributed by atoms with Gasteiger partial charge in [-0.25, -0.2) is 4.98 Å². The lowest BCUT2D eigenvalue weighted by atomic mass is 10.2. The van der Waals surface area contributed by atoms with Crippen LogP contribution < -0.4 is 5.32 Å². The fourth-order valence-electron chi connectivity index (χ4n) is 2.04. The van der Waals surface area contributed by atoms with Gasteiger partial charge in [0.25, 0.3) is 5.91 Å². The molecule has 1 amide bonds. The number of nitrogens with one attached hydrogen (secondary N) is 1. The van der Waals surface area contributed by atoms with E-state index in [1.807, 2.05) is 49.3 Å². The summed E-state index contributed by atoms with van der Waals surface area (Å²) in [5, 5.41) is 5.17. The SMILES string of the molecule is CCNc1cccc(C(=O)N(Cc2cccs2)C(C)C)n1. The molecule has 0 aromatic carbocycles. The molecule has 0 fully saturated rings. The van der Waals surface area contributed by atoms with Gasteiger partial charge in [0.2, 0.25) is 0 Å². The maximum atomic E-state index is 12.7. The second-order valence-corrected chi connectivity index (χ2v) is 6.08. The Morgan fingerprint density at radius 3 is 2.76 bits per heavy atom. The maximum Gasteiger partial charge on any atom is 0.273 e. The Bertz CT molecular complexity index is 581. The Kier molecular flexibility index (Phi) is 5.33. The van der Waals surface area contributed by atoms with Crippen LogP contribution >= 0.6 is 11.3 Å². The molecule has 112 valence electrons. The molecule has 0 aliphatic rings. The topological polar surface area (TPSA) is 45.2 Å². The molecule has 2 aromatic heterocycles. The highest BCUT2D eigenvalue weighted by atomic mass is 32.1. The number of hydrogen-bond donors (Lipinski definition) is 1. The molecular formula is C16H21N3OS. The highest BCUT2D eigenvalue weighted by molar-refractivity contribution is 7.09. The Hall–Kier alpha value is -1.88. The van der Waals surface area contributed by atoms with Crippen molar-refractivity contribution in [3.63, 3.8) is 0 Å². The lowest BCUT2D eigenvalue weighted by molar-refractivity contribution is 0.0686. The zero-order valence-corrected chi connectivity index (χ0v) is 13.5. The number of nitrogens with zero attached hydrogens (tertiary/aromatic N) is 2. The van der Waals surface area contributed by atoms with Crippen LogP contribution in [0, 0.1) is 0 Å². The van der Waals surface area contributed by atoms with Gasteiger partial charge >= 0.3 is 0 Å². The molecular weight excluding hydrogens is 282 g/mol. The largest absolute Gasteiger partial charge is 0.370 e. The summed E-state index contributed by atoms with van der Waals surface area (Å²) >= 11 is 1.67. The molecule has 0 bridgehead atoms. The summed E-state index contributed by atoms with van der Waals surface area (Å²) in [5.74, 6) is 0.710. The predicted molar refractivity (Wildman–Crippen MR) is 87.7 cm³/mol. The van der Waals surface area contributed by atoms with E-state index in [2.05, 4.69) is 16.4 Å². The second-order valence-electron chi connectivity index (χ2n) is 5.04. The fraction of sp³-hybridized carbons (Fsp3) is 0.375. The van der Waals surface area contributed by atoms with Crippen molar-refractivity contribution in [3.05, 3.63) is 46.3 Å². The van der Waals surface area contributed by atoms with Crippen LogP contribution in [0.25, 0.3) is 0 Å². The summed E-state index contributed by atoms with van der Waals surface area (Å²) < 4.78 is 0. The Labute approximate surface area is 129 Å². The predicted octanol–water partition coefficient (Wildman–Crippen LogP) is 3.63. The molecule has 0 radical (unpaired) electrons. The van der Waals surface area contributed by atoms with Crippen LogP contribution in [0.2, 0.25) is 0 Å². The third-order valence-electron chi connectivity index (χ3n) is 3.12. The average Bonchev–Trinajstić information content (AvgIpc) is 2.97. The summed E-state index contributed by atoms with van der Waals surface area (Å²) in [6.07, 6.45) is 0. The zero-order valence-electron chi connectivity index (χ0n) is 12.7. The highest BCUT2D eigenvalue weighted by Crippen LogP contribution is 2.17. The van der Waals surface area contributed by atoms with E-state index in [1.54, 1.807) is 17.4 Å². The van der Waals surface area contributed by atoms with E-state index in [9.17, 15) is 4.79 Å². The number of carbonyl (C=O) groups excluding carboxylic acids is 1. The molecule has 0 aliphatic heterocycles. The van der Waals surface area contributed by atoms with Gasteiger partial charge in [0.1, 0.15) is 11.5 Å². The van der Waals surface area contributed by atoms with Gasteiger partial charge in [0, 0.05) is 17.5 Å². The number of carbonyl (C=O) groups is 1. The molecule has 5 heteroatoms. The van der Waals surface area contributed by atoms with Gasteiger partial charge in [-0.2, -0.15) is 0 Å². The van der Waals surface area contributed by atoms with E-state index in [0.29, 0.717) is 12.2 Å². The molecule has 0 unspecified atom stereocenters. The number of amides is 1. The summed E-state index contributed by atoms with van der Waals surface area (Å²) in [5.41, 5.74) is 0.485. The Balaban J connectivity index is 2.19. The van der Waals surface area contributed by atoms with Crippen molar-refractivity contribution in [2.45, 2.75) is 33.4 Å². The fourth-order valence-corrected chi connectivity index (χ4v) is 2.74. The lowest BCUT2D eigenvalue weighted by Gasteiger charge is -2.26. The van der Waals surface area contributed by atoms with E-state index in [-0.39, 0.29) is 11.9 Å². The summed E-state index contributed by atoms with van der Waals surface area (Å²) in [6.45, 7) is 7.47. The van der Waals surface area contributed by atoms with Gasteiger partial charge in [-0.3, -0.25) is 4.79 Å². The van der Waals surface area contributed by atoms with E-state index in [4.69, 9.17) is 0 Å². The van der Waals surface area contributed by atoms with Gasteiger partial charge in [0.05, 0.1) is 6.54 Å². The quantitative estimate of drug-likeness (QED) is 0.886. The monoisotopic (exact) mass is 303 g/mol. The van der Waals surface area contributed by atoms with Gasteiger partial charge < -0.3 is 10.2 Å². The van der Waals surface area contributed by atoms with Crippen molar-refractivity contribution >= 4 is 23.1 Å². The molecule has 0 saturated carbocycles. The first-order valence-electron chi connectivity index (χ1n) is 7.16. The lowest BCUT2D eigenvalue weighted by Crippen LogP contribution is -2.36. The molecule has 1 N–H and O–H groups in total. The van der Waals surface area contributed by atoms with E-state index in [0.717, 1.165) is 12.4 Å². The van der Waals surface area contributed by atoms with Gasteiger partial charge in [-0.05, 0) is 44.4 Å². The second kappa shape index (κ2) is 7.22. The van der Waals surface area contributed by atoms with Crippen LogP contribution in [0.1, 0.15) is 36.1 Å². The molecule has 4 nitrogen and oxygen atoms in total. The highest BCUT2D eigenvalue weighted by Gasteiger charge is 2.20. The summed E-state index contributed by atoms with van der Waals surface area (Å²) in [7, 11) is 0. The first kappa shape index (κ1) is 15.5. The first-order valence-corrected chi connectivity index (χ1v) is 8.04. The molecule has 0 atom stereocenters. The van der Waals surface area contributed by atoms with Crippen molar-refractivity contribution < 1.29 is 4.79 Å². The normalized spacial score (nSPS) is 10.7. The Morgan fingerprint density at radius 2 is 2.14 bits per heavy atom. The maximum absolute atomic E-state index is 12.7. The number of anilines is 1. The van der Waals surface area contributed by atoms with Crippen molar-refractivity contribution in [3.8, 4) is 0 Å². The zero-order chi connectivity index (χ0) is 15.2. The number of pyridine rings is 1. The van der Waals surface area contributed by atoms with Crippen LogP contribution in [-0.2, 0) is 6.54 Å². The standard InChI is InChI=1S/C16H21N3OS/c1-4-17-15-9-5-8-14(18-15)16(20)19(12(2)3)11-13-7-6-10-21-13/h5-10,12H,4,11H2,1-3H3,(H,17,18). The minimum absolute atomic E-state index is 0.0295. The molecule has 0 aliphatic carbocycles. The molecule has 2 rings (SSSR count). The minimum atomic E-state index is -0.0295. The van der Waals surface area contributed by atoms with Crippen molar-refractivity contribution in [2.24, 2.45) is 0 Å². The molecule has 21 heavy (non-hydrogen) atoms. The summed E-state index contributed by atoms with van der Waals surface area (Å²) in [6, 6.07) is 9.70. The van der Waals surface area contributed by atoms with Crippen molar-refractivity contribution in [1.82, 2.24) is 9.88 Å². The van der Waals surface area contributed by atoms with E-state index < -0.39 is 0 Å². The smallest absolute Gasteiger partial charge is 0.273 e. The Morgan fingerprint density at radius 1 is 1.33 bits per heavy atom. The van der Waals surface area contributed by atoms with Crippen LogP contribution in [0.4, 0.5) is 5.82 Å². The molecule has 2 heterocycles. The average molecular weight is 303 g/mol. The molecule has 0 spiro atoms. The van der Waals surface area contributed by atoms with Crippen molar-refractivity contribution in [2.75, 3.05) is 11.9 Å². The van der Waals surface area contributed by atoms with Gasteiger partial charge in [-0.1, -0.05) is 12.1 Å². The molecule has 0 saturated heterocycles. The number of aromatic nitrogens is 1. The number of hydrogen-bond acceptors (Lipinski definition) is 4. The number of thiophene rings is 1.